The number of ether oxygens (including phenoxy) is 1. The fourth-order valence-corrected chi connectivity index (χ4v) is 4.27. The molecule has 2 unspecified atom stereocenters. The number of hydrogen-bond donors (Lipinski definition) is 0. The maximum Gasteiger partial charge on any atom is 0.311 e. The van der Waals surface area contributed by atoms with Gasteiger partial charge in [0.25, 0.3) is 0 Å². The van der Waals surface area contributed by atoms with E-state index in [2.05, 4.69) is 30.9 Å². The van der Waals surface area contributed by atoms with Gasteiger partial charge >= 0.3 is 5.97 Å². The highest BCUT2D eigenvalue weighted by atomic mass is 16.6. The summed E-state index contributed by atoms with van der Waals surface area (Å²) in [6.07, 6.45) is 12.8. The van der Waals surface area contributed by atoms with Gasteiger partial charge in [-0.25, -0.2) is 0 Å². The predicted octanol–water partition coefficient (Wildman–Crippen LogP) is 4.10. The van der Waals surface area contributed by atoms with E-state index < -0.39 is 0 Å². The minimum absolute atomic E-state index is 0.00295. The van der Waals surface area contributed by atoms with E-state index in [9.17, 15) is 4.79 Å². The Morgan fingerprint density at radius 2 is 1.91 bits per heavy atom. The number of carbonyl (C=O) groups excluding carboxylic acids is 1. The van der Waals surface area contributed by atoms with E-state index in [-0.39, 0.29) is 18.0 Å². The summed E-state index contributed by atoms with van der Waals surface area (Å²) in [5.74, 6) is 0.450. The van der Waals surface area contributed by atoms with Gasteiger partial charge in [-0.15, -0.1) is 0 Å². The maximum absolute atomic E-state index is 12.5. The summed E-state index contributed by atoms with van der Waals surface area (Å²) in [4.78, 5) is 15.0. The molecular formula is C20H31NO2. The number of rotatable bonds is 2. The van der Waals surface area contributed by atoms with E-state index in [1.807, 2.05) is 0 Å². The zero-order chi connectivity index (χ0) is 16.2. The molecule has 23 heavy (non-hydrogen) atoms. The number of carbonyl (C=O) groups is 1. The molecule has 0 aromatic carbocycles. The van der Waals surface area contributed by atoms with E-state index in [0.29, 0.717) is 5.92 Å². The lowest BCUT2D eigenvalue weighted by Crippen LogP contribution is -2.38. The van der Waals surface area contributed by atoms with Crippen LogP contribution in [-0.4, -0.2) is 36.6 Å². The number of esters is 1. The molecule has 3 atom stereocenters. The quantitative estimate of drug-likeness (QED) is 0.567. The first-order valence-corrected chi connectivity index (χ1v) is 9.39. The fourth-order valence-electron chi connectivity index (χ4n) is 4.27. The van der Waals surface area contributed by atoms with Crippen molar-refractivity contribution in [3.8, 4) is 0 Å². The highest BCUT2D eigenvalue weighted by Crippen LogP contribution is 2.36. The minimum Gasteiger partial charge on any atom is -0.458 e. The van der Waals surface area contributed by atoms with Crippen LogP contribution in [-0.2, 0) is 9.53 Å². The Bertz CT molecular complexity index is 488. The number of piperidine rings is 1. The van der Waals surface area contributed by atoms with Crippen LogP contribution in [0.5, 0.6) is 0 Å². The molecule has 0 saturated carbocycles. The molecule has 3 rings (SSSR count). The Labute approximate surface area is 140 Å². The molecule has 1 aliphatic carbocycles. The molecule has 0 aromatic rings. The Hall–Kier alpha value is -1.09. The predicted molar refractivity (Wildman–Crippen MR) is 93.1 cm³/mol. The van der Waals surface area contributed by atoms with Crippen molar-refractivity contribution in [2.45, 2.75) is 64.9 Å². The molecular weight excluding hydrogens is 286 g/mol. The van der Waals surface area contributed by atoms with Crippen molar-refractivity contribution in [1.82, 2.24) is 4.90 Å². The molecule has 0 N–H and O–H groups in total. The summed E-state index contributed by atoms with van der Waals surface area (Å²) in [5, 5.41) is 0. The lowest BCUT2D eigenvalue weighted by atomic mass is 9.83. The summed E-state index contributed by atoms with van der Waals surface area (Å²) in [7, 11) is 0. The molecule has 128 valence electrons. The molecule has 3 nitrogen and oxygen atoms in total. The van der Waals surface area contributed by atoms with Crippen molar-refractivity contribution in [1.29, 1.82) is 0 Å². The Balaban J connectivity index is 1.74. The van der Waals surface area contributed by atoms with Gasteiger partial charge in [0, 0.05) is 12.5 Å². The third-order valence-electron chi connectivity index (χ3n) is 5.75. The lowest BCUT2D eigenvalue weighted by Gasteiger charge is -2.30. The summed E-state index contributed by atoms with van der Waals surface area (Å²) >= 11 is 0. The second-order valence-electron chi connectivity index (χ2n) is 7.67. The van der Waals surface area contributed by atoms with Crippen LogP contribution in [0.2, 0.25) is 0 Å². The smallest absolute Gasteiger partial charge is 0.311 e. The van der Waals surface area contributed by atoms with Gasteiger partial charge in [0.2, 0.25) is 0 Å². The minimum atomic E-state index is 0.00295. The summed E-state index contributed by atoms with van der Waals surface area (Å²) < 4.78 is 5.80. The van der Waals surface area contributed by atoms with E-state index in [0.717, 1.165) is 45.3 Å². The van der Waals surface area contributed by atoms with Gasteiger partial charge in [0.05, 0.1) is 5.92 Å². The van der Waals surface area contributed by atoms with Crippen LogP contribution in [0.25, 0.3) is 0 Å². The Morgan fingerprint density at radius 3 is 2.70 bits per heavy atom. The van der Waals surface area contributed by atoms with Gasteiger partial charge in [-0.2, -0.15) is 0 Å². The third kappa shape index (κ3) is 4.26. The van der Waals surface area contributed by atoms with Crippen LogP contribution >= 0.6 is 0 Å². The van der Waals surface area contributed by atoms with Gasteiger partial charge in [0.1, 0.15) is 6.10 Å². The maximum atomic E-state index is 12.5. The third-order valence-corrected chi connectivity index (χ3v) is 5.75. The highest BCUT2D eigenvalue weighted by Gasteiger charge is 2.43. The zero-order valence-electron chi connectivity index (χ0n) is 14.7. The van der Waals surface area contributed by atoms with Crippen molar-refractivity contribution in [2.75, 3.05) is 19.6 Å². The molecule has 3 heteroatoms. The topological polar surface area (TPSA) is 29.5 Å². The normalized spacial score (nSPS) is 38.0. The molecule has 2 heterocycles. The summed E-state index contributed by atoms with van der Waals surface area (Å²) in [5.41, 5.74) is 2.83. The fraction of sp³-hybridized carbons (Fsp3) is 0.750. The monoisotopic (exact) mass is 317 g/mol. The SMILES string of the molecule is C/C1=C\C2OC(=O)C(CN3CCCCC3)[C@@H]2CC/C(C)=C/CC1. The second kappa shape index (κ2) is 7.65. The molecule has 0 radical (unpaired) electrons. The molecule has 3 aliphatic rings. The van der Waals surface area contributed by atoms with Gasteiger partial charge in [-0.05, 0) is 71.5 Å². The highest BCUT2D eigenvalue weighted by molar-refractivity contribution is 5.76. The number of fused-ring (bicyclic) bond motifs is 1. The number of hydrogen-bond acceptors (Lipinski definition) is 3. The van der Waals surface area contributed by atoms with E-state index in [4.69, 9.17) is 4.74 Å². The first-order valence-electron chi connectivity index (χ1n) is 9.39. The standard InChI is InChI=1S/C20H31NO2/c1-15-7-6-8-16(2)13-19-17(10-9-15)18(20(22)23-19)14-21-11-4-3-5-12-21/h7,13,17-19H,3-6,8-12,14H2,1-2H3/b15-7+,16-13+/t17-,18?,19?/m0/s1. The molecule has 0 spiro atoms. The van der Waals surface area contributed by atoms with E-state index in [1.165, 1.54) is 30.4 Å². The molecule has 2 saturated heterocycles. The van der Waals surface area contributed by atoms with Crippen LogP contribution in [0.4, 0.5) is 0 Å². The van der Waals surface area contributed by atoms with Crippen molar-refractivity contribution in [3.05, 3.63) is 23.3 Å². The van der Waals surface area contributed by atoms with Crippen LogP contribution in [0.3, 0.4) is 0 Å². The van der Waals surface area contributed by atoms with Crippen molar-refractivity contribution in [2.24, 2.45) is 11.8 Å². The van der Waals surface area contributed by atoms with E-state index in [1.54, 1.807) is 0 Å². The molecule has 0 bridgehead atoms. The molecule has 2 fully saturated rings. The van der Waals surface area contributed by atoms with Gasteiger partial charge in [0.15, 0.2) is 0 Å². The Kier molecular flexibility index (Phi) is 5.58. The first kappa shape index (κ1) is 16.8. The Morgan fingerprint density at radius 1 is 1.13 bits per heavy atom. The molecule has 2 aliphatic heterocycles. The van der Waals surface area contributed by atoms with Crippen LogP contribution < -0.4 is 0 Å². The van der Waals surface area contributed by atoms with Crippen LogP contribution in [0, 0.1) is 11.8 Å². The molecule has 0 amide bonds. The summed E-state index contributed by atoms with van der Waals surface area (Å²) in [6, 6.07) is 0. The first-order chi connectivity index (χ1) is 11.1. The lowest BCUT2D eigenvalue weighted by molar-refractivity contribution is -0.143. The summed E-state index contributed by atoms with van der Waals surface area (Å²) in [6.45, 7) is 7.60. The number of likely N-dealkylation sites (tertiary alicyclic amines) is 1. The van der Waals surface area contributed by atoms with Gasteiger partial charge in [-0.3, -0.25) is 4.79 Å². The number of allylic oxidation sites excluding steroid dienone is 3. The average molecular weight is 317 g/mol. The van der Waals surface area contributed by atoms with Gasteiger partial charge in [-0.1, -0.05) is 23.6 Å². The average Bonchev–Trinajstić information content (AvgIpc) is 2.81. The van der Waals surface area contributed by atoms with Crippen LogP contribution in [0.15, 0.2) is 23.3 Å². The van der Waals surface area contributed by atoms with Crippen molar-refractivity contribution >= 4 is 5.97 Å². The van der Waals surface area contributed by atoms with Crippen molar-refractivity contribution in [3.63, 3.8) is 0 Å². The van der Waals surface area contributed by atoms with Crippen LogP contribution in [0.1, 0.15) is 58.8 Å². The van der Waals surface area contributed by atoms with Gasteiger partial charge < -0.3 is 9.64 Å². The number of nitrogens with zero attached hydrogens (tertiary/aromatic N) is 1. The second-order valence-corrected chi connectivity index (χ2v) is 7.67. The van der Waals surface area contributed by atoms with Crippen molar-refractivity contribution < 1.29 is 9.53 Å². The molecule has 0 aromatic heterocycles. The zero-order valence-corrected chi connectivity index (χ0v) is 14.7. The van der Waals surface area contributed by atoms with E-state index >= 15 is 0 Å². The largest absolute Gasteiger partial charge is 0.458 e.